The highest BCUT2D eigenvalue weighted by Crippen LogP contribution is 2.37. The monoisotopic (exact) mass is 382 g/mol. The largest absolute Gasteiger partial charge is 0.396 e. The van der Waals surface area contributed by atoms with Gasteiger partial charge >= 0.3 is 0 Å². The van der Waals surface area contributed by atoms with E-state index >= 15 is 0 Å². The first-order valence-electron chi connectivity index (χ1n) is 7.58. The number of anilines is 1. The molecule has 0 radical (unpaired) electrons. The van der Waals surface area contributed by atoms with E-state index in [1.54, 1.807) is 6.07 Å². The fourth-order valence-electron chi connectivity index (χ4n) is 2.27. The second-order valence-corrected chi connectivity index (χ2v) is 5.89. The zero-order valence-electron chi connectivity index (χ0n) is 13.4. The van der Waals surface area contributed by atoms with Gasteiger partial charge in [0, 0.05) is 34.9 Å². The van der Waals surface area contributed by atoms with Gasteiger partial charge in [0.25, 0.3) is 11.8 Å². The average molecular weight is 383 g/mol. The summed E-state index contributed by atoms with van der Waals surface area (Å²) in [6.45, 7) is -0.391. The first-order chi connectivity index (χ1) is 12.3. The van der Waals surface area contributed by atoms with Crippen molar-refractivity contribution in [3.8, 4) is 6.07 Å². The van der Waals surface area contributed by atoms with Crippen LogP contribution in [-0.4, -0.2) is 17.6 Å². The summed E-state index contributed by atoms with van der Waals surface area (Å²) < 4.78 is 42.0. The van der Waals surface area contributed by atoms with Crippen molar-refractivity contribution in [1.29, 1.82) is 5.26 Å². The number of rotatable bonds is 6. The van der Waals surface area contributed by atoms with Crippen LogP contribution in [0.3, 0.4) is 0 Å². The molecule has 0 aromatic heterocycles. The van der Waals surface area contributed by atoms with Crippen LogP contribution in [0.4, 0.5) is 18.9 Å². The topological polar surface area (TPSA) is 73.1 Å². The molecule has 0 saturated heterocycles. The molecule has 2 N–H and O–H groups in total. The molecular formula is C18H14ClF3N2O2. The number of amides is 1. The molecule has 0 saturated carbocycles. The van der Waals surface area contributed by atoms with E-state index in [9.17, 15) is 18.0 Å². The summed E-state index contributed by atoms with van der Waals surface area (Å²) in [5, 5.41) is 19.6. The summed E-state index contributed by atoms with van der Waals surface area (Å²) in [5.41, 5.74) is -0.709. The molecule has 0 aliphatic carbocycles. The molecule has 26 heavy (non-hydrogen) atoms. The van der Waals surface area contributed by atoms with Gasteiger partial charge in [-0.15, -0.1) is 0 Å². The van der Waals surface area contributed by atoms with E-state index in [1.165, 1.54) is 24.3 Å². The van der Waals surface area contributed by atoms with Gasteiger partial charge in [-0.2, -0.15) is 5.26 Å². The van der Waals surface area contributed by atoms with E-state index in [2.05, 4.69) is 5.32 Å². The lowest BCUT2D eigenvalue weighted by molar-refractivity contribution is -0.0187. The van der Waals surface area contributed by atoms with Gasteiger partial charge in [0.1, 0.15) is 11.9 Å². The molecule has 0 heterocycles. The SMILES string of the molecule is N#Cc1ccc(NC(=O)c2ccc(Cl)c(C(F)(F)CCCO)c2)cc1F. The van der Waals surface area contributed by atoms with Crippen molar-refractivity contribution >= 4 is 23.2 Å². The smallest absolute Gasteiger partial charge is 0.274 e. The maximum Gasteiger partial charge on any atom is 0.274 e. The van der Waals surface area contributed by atoms with Crippen LogP contribution in [-0.2, 0) is 5.92 Å². The Morgan fingerprint density at radius 1 is 1.27 bits per heavy atom. The molecule has 136 valence electrons. The van der Waals surface area contributed by atoms with Gasteiger partial charge in [-0.05, 0) is 42.8 Å². The number of halogens is 4. The molecule has 0 unspecified atom stereocenters. The lowest BCUT2D eigenvalue weighted by Gasteiger charge is -2.18. The molecule has 0 aliphatic heterocycles. The van der Waals surface area contributed by atoms with Crippen molar-refractivity contribution < 1.29 is 23.1 Å². The quantitative estimate of drug-likeness (QED) is 0.774. The highest BCUT2D eigenvalue weighted by atomic mass is 35.5. The second-order valence-electron chi connectivity index (χ2n) is 5.49. The number of alkyl halides is 2. The number of benzene rings is 2. The Kier molecular flexibility index (Phi) is 6.24. The third kappa shape index (κ3) is 4.54. The molecule has 0 bridgehead atoms. The Labute approximate surface area is 152 Å². The van der Waals surface area contributed by atoms with Crippen molar-refractivity contribution in [3.63, 3.8) is 0 Å². The third-order valence-electron chi connectivity index (χ3n) is 3.62. The lowest BCUT2D eigenvalue weighted by atomic mass is 10.0. The number of nitrogens with zero attached hydrogens (tertiary/aromatic N) is 1. The Morgan fingerprint density at radius 2 is 2.00 bits per heavy atom. The summed E-state index contributed by atoms with van der Waals surface area (Å²) in [5.74, 6) is -4.85. The predicted molar refractivity (Wildman–Crippen MR) is 90.7 cm³/mol. The zero-order valence-corrected chi connectivity index (χ0v) is 14.2. The predicted octanol–water partition coefficient (Wildman–Crippen LogP) is 4.47. The third-order valence-corrected chi connectivity index (χ3v) is 3.95. The van der Waals surface area contributed by atoms with E-state index in [0.717, 1.165) is 12.1 Å². The molecule has 1 amide bonds. The number of nitriles is 1. The molecule has 4 nitrogen and oxygen atoms in total. The Bertz CT molecular complexity index is 866. The van der Waals surface area contributed by atoms with Crippen LogP contribution in [0.15, 0.2) is 36.4 Å². The number of carbonyl (C=O) groups is 1. The molecule has 0 aliphatic rings. The normalized spacial score (nSPS) is 11.1. The minimum Gasteiger partial charge on any atom is -0.396 e. The van der Waals surface area contributed by atoms with Crippen LogP contribution in [0.2, 0.25) is 5.02 Å². The first-order valence-corrected chi connectivity index (χ1v) is 7.96. The van der Waals surface area contributed by atoms with Gasteiger partial charge in [-0.3, -0.25) is 4.79 Å². The molecular weight excluding hydrogens is 369 g/mol. The summed E-state index contributed by atoms with van der Waals surface area (Å²) in [4.78, 5) is 12.3. The fraction of sp³-hybridized carbons (Fsp3) is 0.222. The van der Waals surface area contributed by atoms with Crippen molar-refractivity contribution in [2.24, 2.45) is 0 Å². The number of nitrogens with one attached hydrogen (secondary N) is 1. The van der Waals surface area contributed by atoms with Crippen molar-refractivity contribution in [1.82, 2.24) is 0 Å². The first kappa shape index (κ1) is 19.8. The Hall–Kier alpha value is -2.56. The molecule has 0 spiro atoms. The number of carbonyl (C=O) groups excluding carboxylic acids is 1. The van der Waals surface area contributed by atoms with Gasteiger partial charge in [0.05, 0.1) is 5.56 Å². The summed E-state index contributed by atoms with van der Waals surface area (Å²) in [7, 11) is 0. The number of aliphatic hydroxyl groups excluding tert-OH is 1. The van der Waals surface area contributed by atoms with Gasteiger partial charge in [0.2, 0.25) is 0 Å². The maximum atomic E-state index is 14.2. The molecule has 0 atom stereocenters. The van der Waals surface area contributed by atoms with Crippen LogP contribution in [0, 0.1) is 17.1 Å². The maximum absolute atomic E-state index is 14.2. The zero-order chi connectivity index (χ0) is 19.3. The Morgan fingerprint density at radius 3 is 2.62 bits per heavy atom. The van der Waals surface area contributed by atoms with E-state index in [4.69, 9.17) is 22.0 Å². The van der Waals surface area contributed by atoms with E-state index in [-0.39, 0.29) is 28.3 Å². The minimum absolute atomic E-state index is 0.0787. The van der Waals surface area contributed by atoms with E-state index in [1.807, 2.05) is 0 Å². The van der Waals surface area contributed by atoms with Gasteiger partial charge in [-0.1, -0.05) is 11.6 Å². The minimum atomic E-state index is -3.31. The van der Waals surface area contributed by atoms with E-state index in [0.29, 0.717) is 0 Å². The lowest BCUT2D eigenvalue weighted by Crippen LogP contribution is -2.17. The molecule has 2 rings (SSSR count). The molecule has 0 fully saturated rings. The highest BCUT2D eigenvalue weighted by Gasteiger charge is 2.33. The highest BCUT2D eigenvalue weighted by molar-refractivity contribution is 6.31. The van der Waals surface area contributed by atoms with Crippen LogP contribution >= 0.6 is 11.6 Å². The van der Waals surface area contributed by atoms with Gasteiger partial charge in [0.15, 0.2) is 0 Å². The fourth-order valence-corrected chi connectivity index (χ4v) is 2.53. The van der Waals surface area contributed by atoms with Gasteiger partial charge < -0.3 is 10.4 Å². The molecule has 2 aromatic carbocycles. The second kappa shape index (κ2) is 8.21. The van der Waals surface area contributed by atoms with Crippen LogP contribution in [0.25, 0.3) is 0 Å². The van der Waals surface area contributed by atoms with E-state index < -0.39 is 36.2 Å². The summed E-state index contributed by atoms with van der Waals surface area (Å²) in [6.07, 6.45) is -0.737. The molecule has 2 aromatic rings. The standard InChI is InChI=1S/C18H14ClF3N2O2/c19-15-5-3-11(8-14(15)18(21,22)6-1-7-25)17(26)24-13-4-2-12(10-23)16(20)9-13/h2-5,8-9,25H,1,6-7H2,(H,24,26). The Balaban J connectivity index is 2.26. The molecule has 8 heteroatoms. The van der Waals surface area contributed by atoms with Crippen molar-refractivity contribution in [2.75, 3.05) is 11.9 Å². The van der Waals surface area contributed by atoms with Crippen LogP contribution < -0.4 is 5.32 Å². The average Bonchev–Trinajstić information content (AvgIpc) is 2.60. The van der Waals surface area contributed by atoms with Gasteiger partial charge in [-0.25, -0.2) is 13.2 Å². The van der Waals surface area contributed by atoms with Crippen LogP contribution in [0.1, 0.15) is 34.3 Å². The van der Waals surface area contributed by atoms with Crippen molar-refractivity contribution in [2.45, 2.75) is 18.8 Å². The number of aliphatic hydroxyl groups is 1. The van der Waals surface area contributed by atoms with Crippen LogP contribution in [0.5, 0.6) is 0 Å². The summed E-state index contributed by atoms with van der Waals surface area (Å²) >= 11 is 5.82. The number of hydrogen-bond acceptors (Lipinski definition) is 3. The number of hydrogen-bond donors (Lipinski definition) is 2. The summed E-state index contributed by atoms with van der Waals surface area (Å²) in [6, 6.07) is 8.55. The van der Waals surface area contributed by atoms with Crippen molar-refractivity contribution in [3.05, 3.63) is 63.9 Å².